The van der Waals surface area contributed by atoms with Crippen molar-refractivity contribution < 1.29 is 22.3 Å². The van der Waals surface area contributed by atoms with Gasteiger partial charge in [-0.15, -0.1) is 0 Å². The number of likely N-dealkylation sites (N-methyl/N-ethyl adjacent to an activating group) is 1. The number of rotatable bonds is 4. The Morgan fingerprint density at radius 3 is 2.70 bits per heavy atom. The van der Waals surface area contributed by atoms with Crippen molar-refractivity contribution in [3.8, 4) is 11.5 Å². The molecule has 1 aliphatic heterocycles. The highest BCUT2D eigenvalue weighted by Gasteiger charge is 2.25. The molecule has 2 aromatic carbocycles. The summed E-state index contributed by atoms with van der Waals surface area (Å²) in [7, 11) is -2.02. The minimum absolute atomic E-state index is 0.0376. The molecule has 0 bridgehead atoms. The highest BCUT2D eigenvalue weighted by Crippen LogP contribution is 2.35. The van der Waals surface area contributed by atoms with Crippen LogP contribution in [0.3, 0.4) is 0 Å². The van der Waals surface area contributed by atoms with Crippen LogP contribution in [-0.4, -0.2) is 34.7 Å². The van der Waals surface area contributed by atoms with Crippen LogP contribution in [0.25, 0.3) is 0 Å². The van der Waals surface area contributed by atoms with Crippen LogP contribution in [0, 0.1) is 5.82 Å². The standard InChI is InChI=1S/C16H16FNO4S/c1-18-9-12-10-21-15-6-5-14(8-16(15)22-12)23(19,20)13-4-2-3-11(17)7-13/h2-8,12,18H,9-10H2,1H3/t12-/m0/s1. The van der Waals surface area contributed by atoms with E-state index in [0.717, 1.165) is 6.07 Å². The summed E-state index contributed by atoms with van der Waals surface area (Å²) >= 11 is 0. The van der Waals surface area contributed by atoms with Gasteiger partial charge in [-0.1, -0.05) is 6.07 Å². The molecule has 3 rings (SSSR count). The predicted molar refractivity (Wildman–Crippen MR) is 82.1 cm³/mol. The maximum Gasteiger partial charge on any atom is 0.206 e. The maximum atomic E-state index is 13.3. The minimum Gasteiger partial charge on any atom is -0.486 e. The van der Waals surface area contributed by atoms with Gasteiger partial charge in [-0.25, -0.2) is 12.8 Å². The maximum absolute atomic E-state index is 13.3. The van der Waals surface area contributed by atoms with Crippen molar-refractivity contribution >= 4 is 9.84 Å². The van der Waals surface area contributed by atoms with Gasteiger partial charge in [0.15, 0.2) is 11.5 Å². The number of hydrogen-bond acceptors (Lipinski definition) is 5. The fourth-order valence-electron chi connectivity index (χ4n) is 2.36. The van der Waals surface area contributed by atoms with E-state index in [1.54, 1.807) is 13.1 Å². The fraction of sp³-hybridized carbons (Fsp3) is 0.250. The molecule has 0 aromatic heterocycles. The Labute approximate surface area is 134 Å². The molecule has 2 aromatic rings. The summed E-state index contributed by atoms with van der Waals surface area (Å²) in [6.07, 6.45) is -0.195. The molecule has 122 valence electrons. The van der Waals surface area contributed by atoms with Crippen molar-refractivity contribution in [1.82, 2.24) is 5.32 Å². The third-order valence-corrected chi connectivity index (χ3v) is 5.23. The second kappa shape index (κ2) is 6.17. The average molecular weight is 337 g/mol. The van der Waals surface area contributed by atoms with Crippen molar-refractivity contribution in [3.63, 3.8) is 0 Å². The lowest BCUT2D eigenvalue weighted by atomic mass is 10.2. The second-order valence-electron chi connectivity index (χ2n) is 5.18. The van der Waals surface area contributed by atoms with E-state index in [-0.39, 0.29) is 15.9 Å². The first-order valence-corrected chi connectivity index (χ1v) is 8.58. The molecular weight excluding hydrogens is 321 g/mol. The zero-order chi connectivity index (χ0) is 16.4. The Hall–Kier alpha value is -2.12. The molecule has 1 heterocycles. The molecule has 1 aliphatic rings. The van der Waals surface area contributed by atoms with Crippen molar-refractivity contribution in [3.05, 3.63) is 48.3 Å². The van der Waals surface area contributed by atoms with Crippen molar-refractivity contribution in [2.45, 2.75) is 15.9 Å². The van der Waals surface area contributed by atoms with Gasteiger partial charge in [-0.2, -0.15) is 0 Å². The number of fused-ring (bicyclic) bond motifs is 1. The first-order chi connectivity index (χ1) is 11.0. The number of hydrogen-bond donors (Lipinski definition) is 1. The monoisotopic (exact) mass is 337 g/mol. The molecule has 0 spiro atoms. The second-order valence-corrected chi connectivity index (χ2v) is 7.13. The van der Waals surface area contributed by atoms with E-state index in [0.29, 0.717) is 24.7 Å². The largest absolute Gasteiger partial charge is 0.486 e. The first-order valence-electron chi connectivity index (χ1n) is 7.09. The zero-order valence-corrected chi connectivity index (χ0v) is 13.3. The summed E-state index contributed by atoms with van der Waals surface area (Å²) in [4.78, 5) is -0.0588. The normalized spacial score (nSPS) is 17.0. The molecule has 1 atom stereocenters. The van der Waals surface area contributed by atoms with Gasteiger partial charge in [0.2, 0.25) is 9.84 Å². The molecule has 0 fully saturated rings. The van der Waals surface area contributed by atoms with Gasteiger partial charge in [-0.3, -0.25) is 0 Å². The van der Waals surface area contributed by atoms with E-state index >= 15 is 0 Å². The van der Waals surface area contributed by atoms with Crippen LogP contribution in [0.4, 0.5) is 4.39 Å². The zero-order valence-electron chi connectivity index (χ0n) is 12.5. The van der Waals surface area contributed by atoms with E-state index in [1.807, 2.05) is 0 Å². The molecule has 0 aliphatic carbocycles. The highest BCUT2D eigenvalue weighted by atomic mass is 32.2. The molecule has 1 N–H and O–H groups in total. The molecule has 23 heavy (non-hydrogen) atoms. The van der Waals surface area contributed by atoms with Crippen molar-refractivity contribution in [2.75, 3.05) is 20.2 Å². The molecule has 7 heteroatoms. The summed E-state index contributed by atoms with van der Waals surface area (Å²) < 4.78 is 49.8. The number of benzene rings is 2. The topological polar surface area (TPSA) is 64.6 Å². The lowest BCUT2D eigenvalue weighted by Crippen LogP contribution is -2.37. The Kier molecular flexibility index (Phi) is 4.23. The SMILES string of the molecule is CNC[C@H]1COc2ccc(S(=O)(=O)c3cccc(F)c3)cc2O1. The molecule has 0 amide bonds. The van der Waals surface area contributed by atoms with Crippen LogP contribution >= 0.6 is 0 Å². The van der Waals surface area contributed by atoms with Crippen molar-refractivity contribution in [2.24, 2.45) is 0 Å². The minimum atomic E-state index is -3.82. The summed E-state index contributed by atoms with van der Waals surface area (Å²) in [6, 6.07) is 9.32. The van der Waals surface area contributed by atoms with Gasteiger partial charge >= 0.3 is 0 Å². The van der Waals surface area contributed by atoms with Crippen LogP contribution in [0.2, 0.25) is 0 Å². The van der Waals surface area contributed by atoms with E-state index in [9.17, 15) is 12.8 Å². The summed E-state index contributed by atoms with van der Waals surface area (Å²) in [5.74, 6) is 0.266. The molecular formula is C16H16FNO4S. The third-order valence-electron chi connectivity index (χ3n) is 3.48. The quantitative estimate of drug-likeness (QED) is 0.925. The van der Waals surface area contributed by atoms with Crippen LogP contribution in [0.15, 0.2) is 52.3 Å². The molecule has 0 saturated heterocycles. The van der Waals surface area contributed by atoms with Gasteiger partial charge in [0.1, 0.15) is 18.5 Å². The highest BCUT2D eigenvalue weighted by molar-refractivity contribution is 7.91. The van der Waals surface area contributed by atoms with Crippen LogP contribution < -0.4 is 14.8 Å². The first kappa shape index (κ1) is 15.8. The van der Waals surface area contributed by atoms with Crippen LogP contribution in [-0.2, 0) is 9.84 Å². The molecule has 0 saturated carbocycles. The van der Waals surface area contributed by atoms with Crippen molar-refractivity contribution in [1.29, 1.82) is 0 Å². The molecule has 0 unspecified atom stereocenters. The number of halogens is 1. The average Bonchev–Trinajstić information content (AvgIpc) is 2.54. The van der Waals surface area contributed by atoms with E-state index < -0.39 is 15.7 Å². The molecule has 0 radical (unpaired) electrons. The van der Waals surface area contributed by atoms with E-state index in [4.69, 9.17) is 9.47 Å². The van der Waals surface area contributed by atoms with Gasteiger partial charge in [0, 0.05) is 12.6 Å². The Morgan fingerprint density at radius 2 is 1.96 bits per heavy atom. The summed E-state index contributed by atoms with van der Waals surface area (Å²) in [5, 5.41) is 2.98. The van der Waals surface area contributed by atoms with Crippen LogP contribution in [0.5, 0.6) is 11.5 Å². The number of ether oxygens (including phenoxy) is 2. The van der Waals surface area contributed by atoms with Gasteiger partial charge in [0.25, 0.3) is 0 Å². The Balaban J connectivity index is 1.97. The van der Waals surface area contributed by atoms with E-state index in [2.05, 4.69) is 5.32 Å². The smallest absolute Gasteiger partial charge is 0.206 e. The Morgan fingerprint density at radius 1 is 1.17 bits per heavy atom. The van der Waals surface area contributed by atoms with E-state index in [1.165, 1.54) is 30.3 Å². The third kappa shape index (κ3) is 3.16. The number of sulfone groups is 1. The number of nitrogens with one attached hydrogen (secondary N) is 1. The summed E-state index contributed by atoms with van der Waals surface area (Å²) in [5.41, 5.74) is 0. The molecule has 5 nitrogen and oxygen atoms in total. The van der Waals surface area contributed by atoms with Gasteiger partial charge < -0.3 is 14.8 Å². The van der Waals surface area contributed by atoms with Crippen LogP contribution in [0.1, 0.15) is 0 Å². The lowest BCUT2D eigenvalue weighted by Gasteiger charge is -2.26. The van der Waals surface area contributed by atoms with Gasteiger partial charge in [-0.05, 0) is 37.4 Å². The Bertz CT molecular complexity index is 823. The lowest BCUT2D eigenvalue weighted by molar-refractivity contribution is 0.0915. The predicted octanol–water partition coefficient (Wildman–Crippen LogP) is 2.02. The summed E-state index contributed by atoms with van der Waals surface area (Å²) in [6.45, 7) is 0.976. The fourth-order valence-corrected chi connectivity index (χ4v) is 3.67. The van der Waals surface area contributed by atoms with Gasteiger partial charge in [0.05, 0.1) is 9.79 Å².